The molecule has 0 saturated carbocycles. The lowest BCUT2D eigenvalue weighted by atomic mass is 10.1. The van der Waals surface area contributed by atoms with E-state index in [0.29, 0.717) is 0 Å². The van der Waals surface area contributed by atoms with E-state index in [1.807, 2.05) is 12.2 Å². The van der Waals surface area contributed by atoms with Gasteiger partial charge in [0.15, 0.2) is 0 Å². The van der Waals surface area contributed by atoms with Crippen molar-refractivity contribution in [2.45, 2.75) is 0 Å². The molecule has 0 radical (unpaired) electrons. The molecule has 1 aliphatic rings. The van der Waals surface area contributed by atoms with Gasteiger partial charge in [-0.15, -0.1) is 0 Å². The zero-order valence-electron chi connectivity index (χ0n) is 6.64. The average molecular weight is 147 g/mol. The van der Waals surface area contributed by atoms with E-state index in [1.165, 1.54) is 11.1 Å². The minimum atomic E-state index is 0.945. The summed E-state index contributed by atoms with van der Waals surface area (Å²) in [5, 5.41) is 3.25. The minimum absolute atomic E-state index is 0.945. The molecule has 1 heteroatoms. The summed E-state index contributed by atoms with van der Waals surface area (Å²) >= 11 is 0. The normalized spacial score (nSPS) is 17.8. The fourth-order valence-corrected chi connectivity index (χ4v) is 1.11. The molecule has 1 N–H and O–H groups in total. The number of hydrogen-bond acceptors (Lipinski definition) is 1. The van der Waals surface area contributed by atoms with Gasteiger partial charge in [-0.1, -0.05) is 37.5 Å². The van der Waals surface area contributed by atoms with Gasteiger partial charge < -0.3 is 5.32 Å². The third-order valence-corrected chi connectivity index (χ3v) is 1.72. The molecule has 1 rings (SSSR count). The second-order valence-corrected chi connectivity index (χ2v) is 2.45. The maximum absolute atomic E-state index is 3.74. The van der Waals surface area contributed by atoms with Crippen molar-refractivity contribution in [3.05, 3.63) is 48.6 Å². The summed E-state index contributed by atoms with van der Waals surface area (Å²) in [6.45, 7) is 9.26. The molecule has 0 spiro atoms. The van der Waals surface area contributed by atoms with Crippen LogP contribution in [0.4, 0.5) is 0 Å². The first-order chi connectivity index (χ1) is 5.38. The van der Waals surface area contributed by atoms with E-state index in [0.717, 1.165) is 13.1 Å². The number of allylic oxidation sites excluding steroid dienone is 2. The van der Waals surface area contributed by atoms with Crippen LogP contribution in [-0.4, -0.2) is 13.1 Å². The van der Waals surface area contributed by atoms with Gasteiger partial charge in [0.1, 0.15) is 0 Å². The third-order valence-electron chi connectivity index (χ3n) is 1.72. The fraction of sp³-hybridized carbons (Fsp3) is 0.200. The van der Waals surface area contributed by atoms with Crippen LogP contribution in [0.15, 0.2) is 48.6 Å². The van der Waals surface area contributed by atoms with Gasteiger partial charge in [-0.05, 0) is 11.1 Å². The van der Waals surface area contributed by atoms with Crippen LogP contribution in [-0.2, 0) is 0 Å². The Morgan fingerprint density at radius 2 is 1.91 bits per heavy atom. The zero-order valence-corrected chi connectivity index (χ0v) is 6.64. The van der Waals surface area contributed by atoms with Gasteiger partial charge in [-0.3, -0.25) is 0 Å². The molecule has 0 aromatic heterocycles. The van der Waals surface area contributed by atoms with Gasteiger partial charge in [-0.2, -0.15) is 0 Å². The van der Waals surface area contributed by atoms with Crippen molar-refractivity contribution in [1.82, 2.24) is 5.32 Å². The first kappa shape index (κ1) is 8.02. The second-order valence-electron chi connectivity index (χ2n) is 2.45. The Morgan fingerprint density at radius 3 is 2.55 bits per heavy atom. The Morgan fingerprint density at radius 1 is 1.18 bits per heavy atom. The van der Waals surface area contributed by atoms with Crippen molar-refractivity contribution in [2.24, 2.45) is 0 Å². The van der Waals surface area contributed by atoms with Gasteiger partial charge in [0, 0.05) is 13.1 Å². The third kappa shape index (κ3) is 1.92. The summed E-state index contributed by atoms with van der Waals surface area (Å²) in [5.74, 6) is 0. The number of nitrogens with one attached hydrogen (secondary N) is 1. The highest BCUT2D eigenvalue weighted by Crippen LogP contribution is 2.11. The molecule has 58 valence electrons. The van der Waals surface area contributed by atoms with Crippen LogP contribution in [0.5, 0.6) is 0 Å². The van der Waals surface area contributed by atoms with Crippen LogP contribution in [0.3, 0.4) is 0 Å². The smallest absolute Gasteiger partial charge is 0.0211 e. The van der Waals surface area contributed by atoms with Crippen molar-refractivity contribution in [3.8, 4) is 0 Å². The summed E-state index contributed by atoms with van der Waals surface area (Å²) in [7, 11) is 0. The summed E-state index contributed by atoms with van der Waals surface area (Å²) in [4.78, 5) is 0. The Hall–Kier alpha value is -1.08. The van der Waals surface area contributed by atoms with E-state index in [9.17, 15) is 0 Å². The molecule has 1 aliphatic heterocycles. The van der Waals surface area contributed by atoms with Crippen molar-refractivity contribution in [1.29, 1.82) is 0 Å². The van der Waals surface area contributed by atoms with Crippen molar-refractivity contribution in [3.63, 3.8) is 0 Å². The molecule has 1 heterocycles. The molecule has 1 nitrogen and oxygen atoms in total. The molecule has 0 aromatic rings. The predicted octanol–water partition coefficient (Wildman–Crippen LogP) is 1.81. The van der Waals surface area contributed by atoms with E-state index in [-0.39, 0.29) is 0 Å². The standard InChI is InChI=1S/C10H13N/c1-3-5-6-10-8-11-7-9(10)4-2/h3-6,11H,1-2,7-8H2/b6-5-. The second kappa shape index (κ2) is 3.94. The van der Waals surface area contributed by atoms with Crippen molar-refractivity contribution < 1.29 is 0 Å². The quantitative estimate of drug-likeness (QED) is 0.600. The topological polar surface area (TPSA) is 12.0 Å². The van der Waals surface area contributed by atoms with Gasteiger partial charge in [-0.25, -0.2) is 0 Å². The van der Waals surface area contributed by atoms with Crippen LogP contribution in [0.1, 0.15) is 0 Å². The van der Waals surface area contributed by atoms with Crippen LogP contribution in [0.25, 0.3) is 0 Å². The molecule has 0 unspecified atom stereocenters. The highest BCUT2D eigenvalue weighted by atomic mass is 14.9. The molecular weight excluding hydrogens is 134 g/mol. The maximum Gasteiger partial charge on any atom is 0.0211 e. The summed E-state index contributed by atoms with van der Waals surface area (Å²) in [6, 6.07) is 0. The lowest BCUT2D eigenvalue weighted by Crippen LogP contribution is -2.08. The zero-order chi connectivity index (χ0) is 8.10. The summed E-state index contributed by atoms with van der Waals surface area (Å²) < 4.78 is 0. The Labute approximate surface area is 67.8 Å². The van der Waals surface area contributed by atoms with Gasteiger partial charge in [0.2, 0.25) is 0 Å². The first-order valence-electron chi connectivity index (χ1n) is 3.72. The Balaban J connectivity index is 2.74. The molecule has 0 bridgehead atoms. The minimum Gasteiger partial charge on any atom is -0.309 e. The first-order valence-corrected chi connectivity index (χ1v) is 3.72. The van der Waals surface area contributed by atoms with Gasteiger partial charge >= 0.3 is 0 Å². The van der Waals surface area contributed by atoms with Crippen LogP contribution in [0.2, 0.25) is 0 Å². The van der Waals surface area contributed by atoms with Crippen molar-refractivity contribution >= 4 is 0 Å². The Bertz CT molecular complexity index is 221. The molecule has 0 amide bonds. The molecule has 0 aromatic carbocycles. The lowest BCUT2D eigenvalue weighted by Gasteiger charge is -1.92. The van der Waals surface area contributed by atoms with E-state index < -0.39 is 0 Å². The highest BCUT2D eigenvalue weighted by molar-refractivity contribution is 5.38. The van der Waals surface area contributed by atoms with E-state index in [2.05, 4.69) is 24.6 Å². The number of rotatable bonds is 3. The molecule has 0 fully saturated rings. The average Bonchev–Trinajstić information content (AvgIpc) is 2.47. The fourth-order valence-electron chi connectivity index (χ4n) is 1.11. The van der Waals surface area contributed by atoms with Crippen LogP contribution < -0.4 is 5.32 Å². The molecule has 0 atom stereocenters. The Kier molecular flexibility index (Phi) is 2.87. The molecule has 11 heavy (non-hydrogen) atoms. The van der Waals surface area contributed by atoms with E-state index in [1.54, 1.807) is 6.08 Å². The highest BCUT2D eigenvalue weighted by Gasteiger charge is 2.06. The lowest BCUT2D eigenvalue weighted by molar-refractivity contribution is 0.874. The number of hydrogen-bond donors (Lipinski definition) is 1. The maximum atomic E-state index is 3.74. The SMILES string of the molecule is C=C/C=C\C1=C(C=C)CNC1. The van der Waals surface area contributed by atoms with E-state index in [4.69, 9.17) is 0 Å². The van der Waals surface area contributed by atoms with Crippen LogP contribution in [0, 0.1) is 0 Å². The molecular formula is C10H13N. The van der Waals surface area contributed by atoms with Gasteiger partial charge in [0.05, 0.1) is 0 Å². The summed E-state index contributed by atoms with van der Waals surface area (Å²) in [6.07, 6.45) is 7.71. The van der Waals surface area contributed by atoms with E-state index >= 15 is 0 Å². The predicted molar refractivity (Wildman–Crippen MR) is 49.4 cm³/mol. The largest absolute Gasteiger partial charge is 0.309 e. The molecule has 0 aliphatic carbocycles. The van der Waals surface area contributed by atoms with Crippen LogP contribution >= 0.6 is 0 Å². The van der Waals surface area contributed by atoms with Gasteiger partial charge in [0.25, 0.3) is 0 Å². The van der Waals surface area contributed by atoms with Crippen molar-refractivity contribution in [2.75, 3.05) is 13.1 Å². The molecule has 0 saturated heterocycles. The summed E-state index contributed by atoms with van der Waals surface area (Å²) in [5.41, 5.74) is 2.61. The monoisotopic (exact) mass is 147 g/mol.